The van der Waals surface area contributed by atoms with Crippen molar-refractivity contribution in [3.8, 4) is 34.4 Å². The highest BCUT2D eigenvalue weighted by Crippen LogP contribution is 2.44. The Morgan fingerprint density at radius 3 is 2.23 bits per heavy atom. The van der Waals surface area contributed by atoms with Crippen molar-refractivity contribution in [3.05, 3.63) is 82.5 Å². The normalized spacial score (nSPS) is 14.2. The van der Waals surface area contributed by atoms with Crippen LogP contribution in [0.25, 0.3) is 11.4 Å². The molecule has 1 atom stereocenters. The molecule has 3 aromatic carbocycles. The van der Waals surface area contributed by atoms with Crippen LogP contribution in [0.5, 0.6) is 23.0 Å². The number of carbonyl (C=O) groups excluding carboxylic acids is 1. The smallest absolute Gasteiger partial charge is 0.255 e. The third-order valence-electron chi connectivity index (χ3n) is 6.57. The number of hydrogen-bond acceptors (Lipinski definition) is 8. The van der Waals surface area contributed by atoms with Crippen LogP contribution in [0.15, 0.2) is 71.9 Å². The highest BCUT2D eigenvalue weighted by Gasteiger charge is 2.36. The van der Waals surface area contributed by atoms with Crippen LogP contribution in [-0.4, -0.2) is 49.1 Å². The van der Waals surface area contributed by atoms with Crippen LogP contribution in [0, 0.1) is 0 Å². The molecule has 2 heterocycles. The highest BCUT2D eigenvalue weighted by molar-refractivity contribution is 6.33. The van der Waals surface area contributed by atoms with Crippen molar-refractivity contribution in [2.75, 3.05) is 39.1 Å². The quantitative estimate of drug-likeness (QED) is 0.288. The van der Waals surface area contributed by atoms with Gasteiger partial charge in [0, 0.05) is 11.3 Å². The maximum absolute atomic E-state index is 14.0. The molecule has 0 radical (unpaired) electrons. The van der Waals surface area contributed by atoms with Gasteiger partial charge in [0.1, 0.15) is 11.8 Å². The number of aromatic nitrogens is 3. The van der Waals surface area contributed by atoms with E-state index in [9.17, 15) is 4.79 Å². The zero-order valence-electron chi connectivity index (χ0n) is 22.6. The van der Waals surface area contributed by atoms with Crippen molar-refractivity contribution in [2.45, 2.75) is 13.0 Å². The molecule has 2 N–H and O–H groups in total. The average Bonchev–Trinajstić information content (AvgIpc) is 3.39. The molecule has 0 bridgehead atoms. The van der Waals surface area contributed by atoms with Crippen molar-refractivity contribution in [2.24, 2.45) is 0 Å². The Labute approximate surface area is 236 Å². The standard InChI is InChI=1S/C29H28ClN5O5/c1-16-24(28(36)32-20-12-8-9-13-21(20)37-2)25(17-14-22(38-3)26(40-5)23(15-17)39-4)35-29(31-16)33-27(34-35)18-10-6-7-11-19(18)30/h6-15,25H,1-5H3,(H,32,36)(H,31,33,34). The number of fused-ring (bicyclic) bond motifs is 1. The molecule has 1 amide bonds. The number of para-hydroxylation sites is 2. The molecule has 0 fully saturated rings. The fraction of sp³-hybridized carbons (Fsp3) is 0.207. The van der Waals surface area contributed by atoms with Crippen molar-refractivity contribution < 1.29 is 23.7 Å². The van der Waals surface area contributed by atoms with E-state index < -0.39 is 6.04 Å². The molecule has 0 saturated carbocycles. The Morgan fingerprint density at radius 2 is 1.57 bits per heavy atom. The predicted molar refractivity (Wildman–Crippen MR) is 153 cm³/mol. The van der Waals surface area contributed by atoms with Gasteiger partial charge in [-0.3, -0.25) is 4.79 Å². The molecule has 0 aliphatic carbocycles. The van der Waals surface area contributed by atoms with Gasteiger partial charge in [0.25, 0.3) is 5.91 Å². The minimum Gasteiger partial charge on any atom is -0.495 e. The van der Waals surface area contributed by atoms with Gasteiger partial charge in [-0.05, 0) is 48.9 Å². The number of nitrogens with one attached hydrogen (secondary N) is 2. The lowest BCUT2D eigenvalue weighted by Gasteiger charge is -2.29. The summed E-state index contributed by atoms with van der Waals surface area (Å²) in [6.07, 6.45) is 0. The van der Waals surface area contributed by atoms with E-state index in [2.05, 4.69) is 10.6 Å². The molecule has 206 valence electrons. The van der Waals surface area contributed by atoms with Crippen LogP contribution < -0.4 is 29.6 Å². The molecule has 5 rings (SSSR count). The maximum atomic E-state index is 14.0. The van der Waals surface area contributed by atoms with E-state index in [0.717, 1.165) is 0 Å². The monoisotopic (exact) mass is 561 g/mol. The Bertz CT molecular complexity index is 1590. The first kappa shape index (κ1) is 26.9. The number of ether oxygens (including phenoxy) is 4. The lowest BCUT2D eigenvalue weighted by molar-refractivity contribution is -0.113. The fourth-order valence-corrected chi connectivity index (χ4v) is 4.93. The number of carbonyl (C=O) groups is 1. The van der Waals surface area contributed by atoms with Crippen LogP contribution in [0.2, 0.25) is 5.02 Å². The van der Waals surface area contributed by atoms with E-state index in [1.165, 1.54) is 21.3 Å². The van der Waals surface area contributed by atoms with E-state index in [4.69, 9.17) is 40.6 Å². The van der Waals surface area contributed by atoms with Gasteiger partial charge in [-0.15, -0.1) is 5.10 Å². The van der Waals surface area contributed by atoms with E-state index in [0.29, 0.717) is 67.9 Å². The molecule has 1 unspecified atom stereocenters. The van der Waals surface area contributed by atoms with Crippen LogP contribution in [-0.2, 0) is 4.79 Å². The fourth-order valence-electron chi connectivity index (χ4n) is 4.71. The molecule has 1 aliphatic heterocycles. The second kappa shape index (κ2) is 11.2. The van der Waals surface area contributed by atoms with Crippen molar-refractivity contribution in [3.63, 3.8) is 0 Å². The molecule has 0 saturated heterocycles. The first-order valence-corrected chi connectivity index (χ1v) is 12.7. The summed E-state index contributed by atoms with van der Waals surface area (Å²) >= 11 is 6.47. The first-order valence-electron chi connectivity index (χ1n) is 12.3. The summed E-state index contributed by atoms with van der Waals surface area (Å²) in [5, 5.41) is 11.5. The molecule has 11 heteroatoms. The SMILES string of the molecule is COc1ccccc1NC(=O)C1=C(C)Nc2nc(-c3ccccc3Cl)nn2C1c1cc(OC)c(OC)c(OC)c1. The minimum absolute atomic E-state index is 0.353. The van der Waals surface area contributed by atoms with E-state index in [1.54, 1.807) is 42.1 Å². The maximum Gasteiger partial charge on any atom is 0.255 e. The lowest BCUT2D eigenvalue weighted by atomic mass is 9.94. The second-order valence-corrected chi connectivity index (χ2v) is 9.27. The molecule has 4 aromatic rings. The number of allylic oxidation sites excluding steroid dienone is 1. The molecule has 1 aliphatic rings. The Morgan fingerprint density at radius 1 is 0.925 bits per heavy atom. The zero-order valence-corrected chi connectivity index (χ0v) is 23.4. The van der Waals surface area contributed by atoms with Gasteiger partial charge in [-0.1, -0.05) is 35.9 Å². The summed E-state index contributed by atoms with van der Waals surface area (Å²) in [6, 6.07) is 17.4. The summed E-state index contributed by atoms with van der Waals surface area (Å²) < 4.78 is 23.9. The molecular formula is C29H28ClN5O5. The van der Waals surface area contributed by atoms with Gasteiger partial charge in [0.15, 0.2) is 17.3 Å². The lowest BCUT2D eigenvalue weighted by Crippen LogP contribution is -2.31. The Balaban J connectivity index is 1.69. The summed E-state index contributed by atoms with van der Waals surface area (Å²) in [6.45, 7) is 1.81. The van der Waals surface area contributed by atoms with Crippen LogP contribution in [0.3, 0.4) is 0 Å². The van der Waals surface area contributed by atoms with Crippen molar-refractivity contribution >= 4 is 29.1 Å². The minimum atomic E-state index is -0.719. The van der Waals surface area contributed by atoms with Crippen LogP contribution in [0.1, 0.15) is 18.5 Å². The van der Waals surface area contributed by atoms with Crippen LogP contribution in [0.4, 0.5) is 11.6 Å². The third kappa shape index (κ3) is 4.77. The summed E-state index contributed by atoms with van der Waals surface area (Å²) in [5.41, 5.74) is 2.85. The van der Waals surface area contributed by atoms with Gasteiger partial charge >= 0.3 is 0 Å². The van der Waals surface area contributed by atoms with Gasteiger partial charge in [0.05, 0.1) is 44.7 Å². The molecular weight excluding hydrogens is 534 g/mol. The number of nitrogens with zero attached hydrogens (tertiary/aromatic N) is 3. The van der Waals surface area contributed by atoms with E-state index in [-0.39, 0.29) is 5.91 Å². The Kier molecular flexibility index (Phi) is 7.52. The van der Waals surface area contributed by atoms with E-state index >= 15 is 0 Å². The largest absolute Gasteiger partial charge is 0.495 e. The van der Waals surface area contributed by atoms with E-state index in [1.807, 2.05) is 37.3 Å². The van der Waals surface area contributed by atoms with Crippen molar-refractivity contribution in [1.29, 1.82) is 0 Å². The molecule has 10 nitrogen and oxygen atoms in total. The predicted octanol–water partition coefficient (Wildman–Crippen LogP) is 5.56. The van der Waals surface area contributed by atoms with Crippen LogP contribution >= 0.6 is 11.6 Å². The molecule has 1 aromatic heterocycles. The number of amides is 1. The number of rotatable bonds is 8. The highest BCUT2D eigenvalue weighted by atomic mass is 35.5. The van der Waals surface area contributed by atoms with Gasteiger partial charge in [-0.2, -0.15) is 4.98 Å². The third-order valence-corrected chi connectivity index (χ3v) is 6.90. The van der Waals surface area contributed by atoms with Gasteiger partial charge < -0.3 is 29.6 Å². The van der Waals surface area contributed by atoms with Gasteiger partial charge in [-0.25, -0.2) is 4.68 Å². The van der Waals surface area contributed by atoms with Crippen molar-refractivity contribution in [1.82, 2.24) is 14.8 Å². The number of methoxy groups -OCH3 is 4. The summed E-state index contributed by atoms with van der Waals surface area (Å²) in [7, 11) is 6.16. The number of benzene rings is 3. The molecule has 40 heavy (non-hydrogen) atoms. The Hall–Kier alpha value is -4.70. The first-order chi connectivity index (χ1) is 19.4. The zero-order chi connectivity index (χ0) is 28.4. The number of halogens is 1. The summed E-state index contributed by atoms with van der Waals surface area (Å²) in [4.78, 5) is 18.7. The second-order valence-electron chi connectivity index (χ2n) is 8.86. The number of hydrogen-bond donors (Lipinski definition) is 2. The average molecular weight is 562 g/mol. The molecule has 0 spiro atoms. The topological polar surface area (TPSA) is 109 Å². The summed E-state index contributed by atoms with van der Waals surface area (Å²) in [5.74, 6) is 2.33. The van der Waals surface area contributed by atoms with Gasteiger partial charge in [0.2, 0.25) is 11.7 Å². The number of anilines is 2.